The second-order valence-electron chi connectivity index (χ2n) is 8.78. The van der Waals surface area contributed by atoms with E-state index in [9.17, 15) is 30.0 Å². The minimum absolute atomic E-state index is 0.00969. The van der Waals surface area contributed by atoms with Crippen molar-refractivity contribution in [2.75, 3.05) is 20.6 Å². The molecule has 1 aliphatic carbocycles. The number of carboxylic acids is 1. The number of fused-ring (bicyclic) bond motifs is 1. The Morgan fingerprint density at radius 3 is 2.62 bits per heavy atom. The molecule has 0 spiro atoms. The number of amides is 1. The van der Waals surface area contributed by atoms with Crippen LogP contribution in [0.5, 0.6) is 11.5 Å². The summed E-state index contributed by atoms with van der Waals surface area (Å²) in [7, 11) is 3.13. The van der Waals surface area contributed by atoms with Crippen LogP contribution in [-0.2, 0) is 29.0 Å². The van der Waals surface area contributed by atoms with Gasteiger partial charge in [-0.1, -0.05) is 12.1 Å². The maximum Gasteiger partial charge on any atom is 0.345 e. The third kappa shape index (κ3) is 6.47. The third-order valence-corrected chi connectivity index (χ3v) is 6.08. The molecule has 9 heteroatoms. The van der Waals surface area contributed by atoms with Crippen molar-refractivity contribution in [2.45, 2.75) is 50.5 Å². The number of carboxylic acid groups (broad SMARTS) is 1. The van der Waals surface area contributed by atoms with Crippen molar-refractivity contribution in [3.63, 3.8) is 0 Å². The lowest BCUT2D eigenvalue weighted by molar-refractivity contribution is -0.148. The van der Waals surface area contributed by atoms with E-state index >= 15 is 0 Å². The molecule has 184 valence electrons. The summed E-state index contributed by atoms with van der Waals surface area (Å²) in [5, 5.41) is 42.4. The predicted octanol–water partition coefficient (Wildman–Crippen LogP) is 1.38. The number of hydrogen-bond acceptors (Lipinski definition) is 7. The normalized spacial score (nSPS) is 16.9. The summed E-state index contributed by atoms with van der Waals surface area (Å²) in [6, 6.07) is 10.3. The van der Waals surface area contributed by atoms with Gasteiger partial charge >= 0.3 is 5.97 Å². The van der Waals surface area contributed by atoms with Gasteiger partial charge in [0.2, 0.25) is 12.0 Å². The quantitative estimate of drug-likeness (QED) is 0.349. The predicted molar refractivity (Wildman–Crippen MR) is 125 cm³/mol. The molecule has 2 aromatic rings. The first-order valence-electron chi connectivity index (χ1n) is 11.2. The highest BCUT2D eigenvalue weighted by molar-refractivity contribution is 5.83. The monoisotopic (exact) mass is 472 g/mol. The Hall–Kier alpha value is -3.14. The first-order valence-corrected chi connectivity index (χ1v) is 11.2. The van der Waals surface area contributed by atoms with E-state index in [-0.39, 0.29) is 30.7 Å². The number of hydrogen-bond donors (Lipinski definition) is 5. The van der Waals surface area contributed by atoms with Gasteiger partial charge in [0.1, 0.15) is 11.5 Å². The van der Waals surface area contributed by atoms with E-state index < -0.39 is 18.2 Å². The van der Waals surface area contributed by atoms with Crippen LogP contribution in [0.4, 0.5) is 0 Å². The standard InChI is InChI=1S/C25H32N2O7/c1-27(2)24(31)12-23(25(32)33)34-20-7-4-15-3-6-19(10-17(15)11-20)26-13-22(30)16-5-8-21(29)18(9-16)14-28/h4-5,7-9,11,19,22-23,26,28-30H,3,6,10,12-14H2,1-2H3,(H,32,33)/t19-,22?,23?/m0/s1. The Morgan fingerprint density at radius 2 is 1.94 bits per heavy atom. The molecular weight excluding hydrogens is 440 g/mol. The molecule has 0 radical (unpaired) electrons. The van der Waals surface area contributed by atoms with Crippen molar-refractivity contribution in [3.05, 3.63) is 58.7 Å². The highest BCUT2D eigenvalue weighted by Crippen LogP contribution is 2.27. The van der Waals surface area contributed by atoms with E-state index in [1.54, 1.807) is 32.3 Å². The largest absolute Gasteiger partial charge is 0.508 e. The van der Waals surface area contributed by atoms with Crippen LogP contribution in [0.2, 0.25) is 0 Å². The maximum atomic E-state index is 11.9. The molecular formula is C25H32N2O7. The van der Waals surface area contributed by atoms with Crippen molar-refractivity contribution in [3.8, 4) is 11.5 Å². The number of ether oxygens (including phenoxy) is 1. The van der Waals surface area contributed by atoms with Crippen molar-refractivity contribution >= 4 is 11.9 Å². The molecule has 5 N–H and O–H groups in total. The lowest BCUT2D eigenvalue weighted by Gasteiger charge is -2.27. The minimum Gasteiger partial charge on any atom is -0.508 e. The fourth-order valence-electron chi connectivity index (χ4n) is 4.00. The summed E-state index contributed by atoms with van der Waals surface area (Å²) < 4.78 is 5.64. The van der Waals surface area contributed by atoms with Gasteiger partial charge in [-0.2, -0.15) is 0 Å². The van der Waals surface area contributed by atoms with Crippen molar-refractivity contribution in [2.24, 2.45) is 0 Å². The molecule has 1 aliphatic rings. The Labute approximate surface area is 198 Å². The average molecular weight is 473 g/mol. The van der Waals surface area contributed by atoms with Gasteiger partial charge in [0, 0.05) is 32.2 Å². The second kappa shape index (κ2) is 11.3. The number of nitrogens with one attached hydrogen (secondary N) is 1. The Bertz CT molecular complexity index is 1020. The molecule has 0 saturated heterocycles. The molecule has 34 heavy (non-hydrogen) atoms. The smallest absolute Gasteiger partial charge is 0.345 e. The fourth-order valence-corrected chi connectivity index (χ4v) is 4.00. The molecule has 0 heterocycles. The number of carbonyl (C=O) groups excluding carboxylic acids is 1. The van der Waals surface area contributed by atoms with E-state index in [2.05, 4.69) is 5.32 Å². The number of benzene rings is 2. The van der Waals surface area contributed by atoms with E-state index in [1.165, 1.54) is 11.0 Å². The van der Waals surface area contributed by atoms with Gasteiger partial charge in [0.05, 0.1) is 19.1 Å². The molecule has 3 atom stereocenters. The van der Waals surface area contributed by atoms with Gasteiger partial charge < -0.3 is 35.4 Å². The van der Waals surface area contributed by atoms with Crippen LogP contribution >= 0.6 is 0 Å². The van der Waals surface area contributed by atoms with Crippen LogP contribution in [-0.4, -0.2) is 70.0 Å². The Kier molecular flexibility index (Phi) is 8.49. The van der Waals surface area contributed by atoms with Crippen molar-refractivity contribution < 1.29 is 34.8 Å². The molecule has 0 aromatic heterocycles. The zero-order valence-corrected chi connectivity index (χ0v) is 19.4. The second-order valence-corrected chi connectivity index (χ2v) is 8.78. The van der Waals surface area contributed by atoms with Gasteiger partial charge in [0.15, 0.2) is 0 Å². The topological polar surface area (TPSA) is 140 Å². The van der Waals surface area contributed by atoms with Gasteiger partial charge in [-0.05, 0) is 60.2 Å². The number of phenols is 1. The maximum absolute atomic E-state index is 11.9. The van der Waals surface area contributed by atoms with Gasteiger partial charge in [-0.25, -0.2) is 4.79 Å². The van der Waals surface area contributed by atoms with Crippen LogP contribution in [0.25, 0.3) is 0 Å². The van der Waals surface area contributed by atoms with E-state index in [4.69, 9.17) is 4.74 Å². The molecule has 0 aliphatic heterocycles. The Morgan fingerprint density at radius 1 is 1.18 bits per heavy atom. The zero-order valence-electron chi connectivity index (χ0n) is 19.4. The summed E-state index contributed by atoms with van der Waals surface area (Å²) >= 11 is 0. The van der Waals surface area contributed by atoms with Crippen LogP contribution in [0.15, 0.2) is 36.4 Å². The van der Waals surface area contributed by atoms with Crippen molar-refractivity contribution in [1.82, 2.24) is 10.2 Å². The van der Waals surface area contributed by atoms with E-state index in [1.807, 2.05) is 12.1 Å². The number of aryl methyl sites for hydroxylation is 1. The lowest BCUT2D eigenvalue weighted by atomic mass is 9.88. The van der Waals surface area contributed by atoms with Crippen LogP contribution in [0.3, 0.4) is 0 Å². The molecule has 0 fully saturated rings. The van der Waals surface area contributed by atoms with E-state index in [0.29, 0.717) is 29.8 Å². The molecule has 2 unspecified atom stereocenters. The third-order valence-electron chi connectivity index (χ3n) is 6.08. The molecule has 9 nitrogen and oxygen atoms in total. The zero-order chi connectivity index (χ0) is 24.8. The lowest BCUT2D eigenvalue weighted by Crippen LogP contribution is -2.37. The summed E-state index contributed by atoms with van der Waals surface area (Å²) in [5.74, 6) is -1.13. The molecule has 1 amide bonds. The number of aromatic hydroxyl groups is 1. The summed E-state index contributed by atoms with van der Waals surface area (Å²) in [6.07, 6.45) is 0.0785. The first-order chi connectivity index (χ1) is 16.2. The fraction of sp³-hybridized carbons (Fsp3) is 0.440. The summed E-state index contributed by atoms with van der Waals surface area (Å²) in [5.41, 5.74) is 3.16. The van der Waals surface area contributed by atoms with Crippen LogP contribution in [0, 0.1) is 0 Å². The SMILES string of the molecule is CN(C)C(=O)CC(Oc1ccc2c(c1)C[C@@H](NCC(O)c1ccc(O)c(CO)c1)CC2)C(=O)O. The number of nitrogens with zero attached hydrogens (tertiary/aromatic N) is 1. The molecule has 0 saturated carbocycles. The number of carbonyl (C=O) groups is 2. The Balaban J connectivity index is 1.61. The number of aliphatic hydroxyl groups is 2. The summed E-state index contributed by atoms with van der Waals surface area (Å²) in [6.45, 7) is -0.00472. The molecule has 2 aromatic carbocycles. The highest BCUT2D eigenvalue weighted by atomic mass is 16.5. The number of aliphatic hydroxyl groups excluding tert-OH is 2. The minimum atomic E-state index is -1.27. The molecule has 3 rings (SSSR count). The highest BCUT2D eigenvalue weighted by Gasteiger charge is 2.25. The molecule has 0 bridgehead atoms. The number of aliphatic carboxylic acids is 1. The van der Waals surface area contributed by atoms with Crippen LogP contribution < -0.4 is 10.1 Å². The average Bonchev–Trinajstić information content (AvgIpc) is 2.81. The van der Waals surface area contributed by atoms with Gasteiger partial charge in [-0.15, -0.1) is 0 Å². The van der Waals surface area contributed by atoms with Gasteiger partial charge in [-0.3, -0.25) is 4.79 Å². The summed E-state index contributed by atoms with van der Waals surface area (Å²) in [4.78, 5) is 24.8. The van der Waals surface area contributed by atoms with Crippen molar-refractivity contribution in [1.29, 1.82) is 0 Å². The first kappa shape index (κ1) is 25.5. The van der Waals surface area contributed by atoms with Crippen LogP contribution in [0.1, 0.15) is 41.2 Å². The van der Waals surface area contributed by atoms with Gasteiger partial charge in [0.25, 0.3) is 0 Å². The number of rotatable bonds is 10. The van der Waals surface area contributed by atoms with E-state index in [0.717, 1.165) is 24.0 Å².